The molecule has 1 aromatic carbocycles. The molecule has 1 aliphatic carbocycles. The van der Waals surface area contributed by atoms with Crippen LogP contribution in [-0.2, 0) is 6.42 Å². The van der Waals surface area contributed by atoms with Crippen LogP contribution in [0.4, 0.5) is 0 Å². The molecule has 0 aliphatic heterocycles. The highest BCUT2D eigenvalue weighted by atomic mass is 35.5. The Hall–Kier alpha value is -0.280. The number of aliphatic hydroxyl groups excluding tert-OH is 1. The van der Waals surface area contributed by atoms with E-state index in [0.29, 0.717) is 10.0 Å². The highest BCUT2D eigenvalue weighted by molar-refractivity contribution is 6.35. The Morgan fingerprint density at radius 1 is 1.36 bits per heavy atom. The smallest absolute Gasteiger partial charge is 0.0944 e. The van der Waals surface area contributed by atoms with Crippen LogP contribution in [0.2, 0.25) is 10.0 Å². The largest absolute Gasteiger partial charge is 0.387 e. The van der Waals surface area contributed by atoms with Gasteiger partial charge in [-0.15, -0.1) is 0 Å². The van der Waals surface area contributed by atoms with E-state index in [0.717, 1.165) is 24.0 Å². The molecule has 0 saturated carbocycles. The van der Waals surface area contributed by atoms with Crippen molar-refractivity contribution in [3.8, 4) is 0 Å². The molecule has 1 aromatic rings. The molecule has 0 spiro atoms. The minimum atomic E-state index is -0.644. The summed E-state index contributed by atoms with van der Waals surface area (Å²) >= 11 is 11.9. The topological polar surface area (TPSA) is 46.2 Å². The SMILES string of the molecule is N[C@@H]1CCc2c(Cl)cc(Cl)cc2[C@@H]1O. The van der Waals surface area contributed by atoms with Gasteiger partial charge in [-0.25, -0.2) is 0 Å². The van der Waals surface area contributed by atoms with Crippen LogP contribution >= 0.6 is 23.2 Å². The zero-order valence-electron chi connectivity index (χ0n) is 7.50. The second-order valence-electron chi connectivity index (χ2n) is 3.60. The summed E-state index contributed by atoms with van der Waals surface area (Å²) in [5, 5.41) is 11.0. The first kappa shape index (κ1) is 10.2. The zero-order valence-corrected chi connectivity index (χ0v) is 9.02. The van der Waals surface area contributed by atoms with Crippen LogP contribution in [0.25, 0.3) is 0 Å². The highest BCUT2D eigenvalue weighted by Gasteiger charge is 2.26. The zero-order chi connectivity index (χ0) is 10.3. The van der Waals surface area contributed by atoms with Crippen LogP contribution in [0.3, 0.4) is 0 Å². The van der Waals surface area contributed by atoms with Gasteiger partial charge in [-0.3, -0.25) is 0 Å². The van der Waals surface area contributed by atoms with E-state index in [4.69, 9.17) is 28.9 Å². The lowest BCUT2D eigenvalue weighted by atomic mass is 9.86. The van der Waals surface area contributed by atoms with Crippen molar-refractivity contribution in [1.29, 1.82) is 0 Å². The molecule has 3 N–H and O–H groups in total. The lowest BCUT2D eigenvalue weighted by Crippen LogP contribution is -2.33. The van der Waals surface area contributed by atoms with Gasteiger partial charge in [0.25, 0.3) is 0 Å². The molecule has 0 radical (unpaired) electrons. The molecule has 1 aliphatic rings. The predicted molar refractivity (Wildman–Crippen MR) is 57.7 cm³/mol. The second-order valence-corrected chi connectivity index (χ2v) is 4.45. The predicted octanol–water partition coefficient (Wildman–Crippen LogP) is 2.30. The van der Waals surface area contributed by atoms with Crippen LogP contribution in [0.1, 0.15) is 23.7 Å². The van der Waals surface area contributed by atoms with Gasteiger partial charge in [-0.2, -0.15) is 0 Å². The maximum atomic E-state index is 9.84. The molecule has 0 heterocycles. The van der Waals surface area contributed by atoms with Gasteiger partial charge < -0.3 is 10.8 Å². The molecule has 0 fully saturated rings. The molecule has 4 heteroatoms. The normalized spacial score (nSPS) is 26.0. The van der Waals surface area contributed by atoms with Gasteiger partial charge >= 0.3 is 0 Å². The summed E-state index contributed by atoms with van der Waals surface area (Å²) in [7, 11) is 0. The molecule has 2 nitrogen and oxygen atoms in total. The Bertz CT molecular complexity index is 367. The Balaban J connectivity index is 2.54. The number of halogens is 2. The number of hydrogen-bond acceptors (Lipinski definition) is 2. The molecule has 0 unspecified atom stereocenters. The number of nitrogens with two attached hydrogens (primary N) is 1. The molecule has 0 bridgehead atoms. The van der Waals surface area contributed by atoms with Gasteiger partial charge in [0.05, 0.1) is 6.10 Å². The van der Waals surface area contributed by atoms with E-state index in [9.17, 15) is 5.11 Å². The minimum Gasteiger partial charge on any atom is -0.387 e. The van der Waals surface area contributed by atoms with Gasteiger partial charge in [-0.05, 0) is 36.1 Å². The number of benzene rings is 1. The fourth-order valence-electron chi connectivity index (χ4n) is 1.85. The highest BCUT2D eigenvalue weighted by Crippen LogP contribution is 2.35. The van der Waals surface area contributed by atoms with E-state index in [1.807, 2.05) is 0 Å². The van der Waals surface area contributed by atoms with Crippen molar-refractivity contribution in [2.45, 2.75) is 25.0 Å². The van der Waals surface area contributed by atoms with E-state index in [1.165, 1.54) is 0 Å². The third kappa shape index (κ3) is 1.63. The first-order valence-corrected chi connectivity index (χ1v) is 5.26. The van der Waals surface area contributed by atoms with Crippen molar-refractivity contribution in [1.82, 2.24) is 0 Å². The third-order valence-electron chi connectivity index (χ3n) is 2.65. The molecule has 2 atom stereocenters. The summed E-state index contributed by atoms with van der Waals surface area (Å²) in [6.07, 6.45) is 0.925. The Labute approximate surface area is 92.6 Å². The quantitative estimate of drug-likeness (QED) is 0.720. The van der Waals surface area contributed by atoms with E-state index < -0.39 is 6.10 Å². The number of hydrogen-bond donors (Lipinski definition) is 2. The van der Waals surface area contributed by atoms with Gasteiger partial charge in [-0.1, -0.05) is 23.2 Å². The average molecular weight is 232 g/mol. The summed E-state index contributed by atoms with van der Waals surface area (Å²) in [4.78, 5) is 0. The molecule has 0 saturated heterocycles. The molecule has 2 rings (SSSR count). The monoisotopic (exact) mass is 231 g/mol. The van der Waals surface area contributed by atoms with Gasteiger partial charge in [0.2, 0.25) is 0 Å². The van der Waals surface area contributed by atoms with Crippen LogP contribution in [0, 0.1) is 0 Å². The molecule has 0 amide bonds. The Morgan fingerprint density at radius 3 is 2.79 bits per heavy atom. The van der Waals surface area contributed by atoms with Crippen molar-refractivity contribution in [3.63, 3.8) is 0 Å². The third-order valence-corrected chi connectivity index (χ3v) is 3.20. The van der Waals surface area contributed by atoms with Crippen LogP contribution < -0.4 is 5.73 Å². The molecular formula is C10H11Cl2NO. The number of fused-ring (bicyclic) bond motifs is 1. The van der Waals surface area contributed by atoms with Crippen molar-refractivity contribution in [2.24, 2.45) is 5.73 Å². The second kappa shape index (κ2) is 3.70. The molecule has 76 valence electrons. The maximum absolute atomic E-state index is 9.84. The van der Waals surface area contributed by atoms with E-state index in [2.05, 4.69) is 0 Å². The number of aliphatic hydroxyl groups is 1. The van der Waals surface area contributed by atoms with E-state index in [-0.39, 0.29) is 6.04 Å². The van der Waals surface area contributed by atoms with Gasteiger partial charge in [0, 0.05) is 16.1 Å². The minimum absolute atomic E-state index is 0.211. The fourth-order valence-corrected chi connectivity index (χ4v) is 2.45. The standard InChI is InChI=1S/C10H11Cl2NO/c11-5-3-7-6(8(12)4-5)1-2-9(13)10(7)14/h3-4,9-10,14H,1-2,13H2/t9-,10+/m1/s1. The first-order chi connectivity index (χ1) is 6.59. The van der Waals surface area contributed by atoms with Gasteiger partial charge in [0.15, 0.2) is 0 Å². The van der Waals surface area contributed by atoms with Crippen molar-refractivity contribution < 1.29 is 5.11 Å². The number of rotatable bonds is 0. The average Bonchev–Trinajstić information content (AvgIpc) is 2.12. The summed E-state index contributed by atoms with van der Waals surface area (Å²) in [5.41, 5.74) is 7.51. The summed E-state index contributed by atoms with van der Waals surface area (Å²) in [6, 6.07) is 3.23. The van der Waals surface area contributed by atoms with E-state index in [1.54, 1.807) is 12.1 Å². The van der Waals surface area contributed by atoms with Crippen LogP contribution in [-0.4, -0.2) is 11.1 Å². The van der Waals surface area contributed by atoms with Crippen LogP contribution in [0.5, 0.6) is 0 Å². The Kier molecular flexibility index (Phi) is 2.71. The molecular weight excluding hydrogens is 221 g/mol. The first-order valence-electron chi connectivity index (χ1n) is 4.51. The van der Waals surface area contributed by atoms with Gasteiger partial charge in [0.1, 0.15) is 0 Å². The fraction of sp³-hybridized carbons (Fsp3) is 0.400. The van der Waals surface area contributed by atoms with Crippen LogP contribution in [0.15, 0.2) is 12.1 Å². The summed E-state index contributed by atoms with van der Waals surface area (Å²) in [6.45, 7) is 0. The van der Waals surface area contributed by atoms with Crippen molar-refractivity contribution in [2.75, 3.05) is 0 Å². The van der Waals surface area contributed by atoms with Crippen molar-refractivity contribution >= 4 is 23.2 Å². The summed E-state index contributed by atoms with van der Waals surface area (Å²) in [5.74, 6) is 0. The maximum Gasteiger partial charge on any atom is 0.0944 e. The van der Waals surface area contributed by atoms with Crippen molar-refractivity contribution in [3.05, 3.63) is 33.3 Å². The lowest BCUT2D eigenvalue weighted by molar-refractivity contribution is 0.134. The molecule has 14 heavy (non-hydrogen) atoms. The Morgan fingerprint density at radius 2 is 2.07 bits per heavy atom. The lowest BCUT2D eigenvalue weighted by Gasteiger charge is -2.28. The summed E-state index contributed by atoms with van der Waals surface area (Å²) < 4.78 is 0. The van der Waals surface area contributed by atoms with E-state index >= 15 is 0 Å². The molecule has 0 aromatic heterocycles.